The monoisotopic (exact) mass is 655 g/mol. The van der Waals surface area contributed by atoms with Crippen LogP contribution >= 0.6 is 34.8 Å². The van der Waals surface area contributed by atoms with Crippen molar-refractivity contribution in [2.24, 2.45) is 0 Å². The summed E-state index contributed by atoms with van der Waals surface area (Å²) in [6, 6.07) is 14.2. The first kappa shape index (κ1) is 31.4. The Kier molecular flexibility index (Phi) is 8.97. The van der Waals surface area contributed by atoms with E-state index in [0.29, 0.717) is 16.7 Å². The minimum atomic E-state index is -4.73. The van der Waals surface area contributed by atoms with Gasteiger partial charge in [0, 0.05) is 50.9 Å². The van der Waals surface area contributed by atoms with Gasteiger partial charge in [0.05, 0.1) is 17.0 Å². The standard InChI is InChI=1S/C28H19Cl3F3N3O4S/c1-37(42(40,41)14-15-2-5-18(29)6-3-15)13-16-8-19(30)10-22(26(16)38)25-11-20(23(12-35)27(39)36-25)21-9-17(28(32,33)34)4-7-24(21)31/h2-11,38H,13-14H2,1H3,(H,36,39). The number of hydrogen-bond donors (Lipinski definition) is 2. The summed E-state index contributed by atoms with van der Waals surface area (Å²) in [4.78, 5) is 15.3. The molecule has 42 heavy (non-hydrogen) atoms. The van der Waals surface area contributed by atoms with E-state index >= 15 is 0 Å². The van der Waals surface area contributed by atoms with Crippen LogP contribution in [0.5, 0.6) is 5.75 Å². The van der Waals surface area contributed by atoms with Gasteiger partial charge in [0.25, 0.3) is 5.56 Å². The molecule has 0 bridgehead atoms. The number of sulfonamides is 1. The quantitative estimate of drug-likeness (QED) is 0.218. The van der Waals surface area contributed by atoms with Crippen LogP contribution in [0.4, 0.5) is 13.2 Å². The zero-order valence-electron chi connectivity index (χ0n) is 21.4. The zero-order valence-corrected chi connectivity index (χ0v) is 24.5. The molecule has 0 aliphatic carbocycles. The van der Waals surface area contributed by atoms with E-state index in [0.717, 1.165) is 16.4 Å². The Morgan fingerprint density at radius 1 is 0.952 bits per heavy atom. The summed E-state index contributed by atoms with van der Waals surface area (Å²) in [5, 5.41) is 21.1. The number of aromatic amines is 1. The lowest BCUT2D eigenvalue weighted by Crippen LogP contribution is -2.27. The van der Waals surface area contributed by atoms with Gasteiger partial charge in [-0.15, -0.1) is 0 Å². The number of alkyl halides is 3. The number of nitrogens with zero attached hydrogens (tertiary/aromatic N) is 2. The van der Waals surface area contributed by atoms with Gasteiger partial charge in [-0.3, -0.25) is 4.79 Å². The maximum absolute atomic E-state index is 13.4. The number of nitriles is 1. The number of phenols is 1. The summed E-state index contributed by atoms with van der Waals surface area (Å²) in [5.41, 5.74) is -2.56. The van der Waals surface area contributed by atoms with Crippen molar-refractivity contribution in [2.75, 3.05) is 7.05 Å². The first-order valence-electron chi connectivity index (χ1n) is 11.9. The summed E-state index contributed by atoms with van der Waals surface area (Å²) in [7, 11) is -2.57. The van der Waals surface area contributed by atoms with Gasteiger partial charge in [0.1, 0.15) is 17.4 Å². The lowest BCUT2D eigenvalue weighted by atomic mass is 9.96. The maximum atomic E-state index is 13.4. The van der Waals surface area contributed by atoms with Crippen LogP contribution in [-0.4, -0.2) is 29.9 Å². The number of pyridine rings is 1. The number of aromatic nitrogens is 1. The largest absolute Gasteiger partial charge is 0.507 e. The van der Waals surface area contributed by atoms with Gasteiger partial charge in [0.15, 0.2) is 0 Å². The highest BCUT2D eigenvalue weighted by Crippen LogP contribution is 2.40. The average Bonchev–Trinajstić information content (AvgIpc) is 2.90. The van der Waals surface area contributed by atoms with Crippen molar-refractivity contribution in [3.05, 3.63) is 108 Å². The predicted octanol–water partition coefficient (Wildman–Crippen LogP) is 7.23. The molecule has 218 valence electrons. The third kappa shape index (κ3) is 6.75. The molecule has 0 aliphatic rings. The number of nitrogens with one attached hydrogen (secondary N) is 1. The van der Waals surface area contributed by atoms with E-state index in [9.17, 15) is 36.8 Å². The normalized spacial score (nSPS) is 12.0. The average molecular weight is 657 g/mol. The molecule has 14 heteroatoms. The van der Waals surface area contributed by atoms with Crippen molar-refractivity contribution < 1.29 is 26.7 Å². The van der Waals surface area contributed by atoms with Crippen LogP contribution in [0.3, 0.4) is 0 Å². The third-order valence-electron chi connectivity index (χ3n) is 6.30. The molecule has 0 saturated carbocycles. The predicted molar refractivity (Wildman–Crippen MR) is 155 cm³/mol. The SMILES string of the molecule is CN(Cc1cc(Cl)cc(-c2cc(-c3cc(C(F)(F)F)ccc3Cl)c(C#N)c(=O)[nH]2)c1O)S(=O)(=O)Cc1ccc(Cl)cc1. The van der Waals surface area contributed by atoms with Crippen LogP contribution in [0.15, 0.2) is 65.5 Å². The molecule has 0 unspecified atom stereocenters. The number of H-pyrrole nitrogens is 1. The van der Waals surface area contributed by atoms with E-state index in [1.54, 1.807) is 30.3 Å². The van der Waals surface area contributed by atoms with Crippen LogP contribution in [0.25, 0.3) is 22.4 Å². The number of aromatic hydroxyl groups is 1. The molecule has 0 spiro atoms. The molecule has 0 saturated heterocycles. The van der Waals surface area contributed by atoms with Crippen molar-refractivity contribution in [3.8, 4) is 34.2 Å². The Morgan fingerprint density at radius 2 is 1.62 bits per heavy atom. The van der Waals surface area contributed by atoms with Crippen molar-refractivity contribution in [3.63, 3.8) is 0 Å². The molecule has 3 aromatic carbocycles. The molecule has 0 amide bonds. The molecule has 0 radical (unpaired) electrons. The van der Waals surface area contributed by atoms with Crippen LogP contribution in [0, 0.1) is 11.3 Å². The molecule has 4 aromatic rings. The van der Waals surface area contributed by atoms with Crippen molar-refractivity contribution in [1.82, 2.24) is 9.29 Å². The Balaban J connectivity index is 1.78. The molecule has 1 aromatic heterocycles. The van der Waals surface area contributed by atoms with E-state index in [-0.39, 0.29) is 50.3 Å². The van der Waals surface area contributed by atoms with Crippen molar-refractivity contribution in [1.29, 1.82) is 5.26 Å². The molecule has 2 N–H and O–H groups in total. The van der Waals surface area contributed by atoms with E-state index in [1.165, 1.54) is 25.2 Å². The van der Waals surface area contributed by atoms with Crippen molar-refractivity contribution in [2.45, 2.75) is 18.5 Å². The lowest BCUT2D eigenvalue weighted by molar-refractivity contribution is -0.137. The Labute approximate surface area is 253 Å². The molecular weight excluding hydrogens is 638 g/mol. The first-order valence-corrected chi connectivity index (χ1v) is 14.6. The topological polar surface area (TPSA) is 114 Å². The fraction of sp³-hybridized carbons (Fsp3) is 0.143. The Hall–Kier alpha value is -3.53. The second-order valence-electron chi connectivity index (χ2n) is 9.20. The number of rotatable bonds is 7. The highest BCUT2D eigenvalue weighted by Gasteiger charge is 2.31. The van der Waals surface area contributed by atoms with Crippen LogP contribution < -0.4 is 5.56 Å². The smallest absolute Gasteiger partial charge is 0.416 e. The van der Waals surface area contributed by atoms with E-state index < -0.39 is 38.6 Å². The summed E-state index contributed by atoms with van der Waals surface area (Å²) in [6.45, 7) is -0.317. The minimum Gasteiger partial charge on any atom is -0.507 e. The Bertz CT molecular complexity index is 1890. The second kappa shape index (κ2) is 12.0. The molecule has 0 fully saturated rings. The fourth-order valence-electron chi connectivity index (χ4n) is 4.16. The number of phenolic OH excluding ortho intramolecular Hbond substituents is 1. The summed E-state index contributed by atoms with van der Waals surface area (Å²) >= 11 is 18.3. The Morgan fingerprint density at radius 3 is 2.24 bits per heavy atom. The number of benzene rings is 3. The molecule has 4 rings (SSSR count). The minimum absolute atomic E-state index is 0.0603. The van der Waals surface area contributed by atoms with Gasteiger partial charge in [-0.25, -0.2) is 12.7 Å². The lowest BCUT2D eigenvalue weighted by Gasteiger charge is -2.19. The molecule has 0 aliphatic heterocycles. The van der Waals surface area contributed by atoms with Gasteiger partial charge < -0.3 is 10.1 Å². The first-order chi connectivity index (χ1) is 19.6. The maximum Gasteiger partial charge on any atom is 0.416 e. The van der Waals surface area contributed by atoms with Gasteiger partial charge in [-0.1, -0.05) is 46.9 Å². The van der Waals surface area contributed by atoms with E-state index in [1.807, 2.05) is 0 Å². The van der Waals surface area contributed by atoms with Crippen LogP contribution in [0.2, 0.25) is 15.1 Å². The van der Waals surface area contributed by atoms with E-state index in [2.05, 4.69) is 4.98 Å². The fourth-order valence-corrected chi connectivity index (χ4v) is 5.91. The van der Waals surface area contributed by atoms with Gasteiger partial charge in [0.2, 0.25) is 10.0 Å². The second-order valence-corrected chi connectivity index (χ2v) is 12.6. The van der Waals surface area contributed by atoms with Gasteiger partial charge in [-0.05, 0) is 54.1 Å². The zero-order chi connectivity index (χ0) is 31.0. The molecule has 1 heterocycles. The molecular formula is C28H19Cl3F3N3O4S. The molecule has 0 atom stereocenters. The molecule has 7 nitrogen and oxygen atoms in total. The number of hydrogen-bond acceptors (Lipinski definition) is 5. The van der Waals surface area contributed by atoms with Crippen LogP contribution in [-0.2, 0) is 28.5 Å². The summed E-state index contributed by atoms with van der Waals surface area (Å²) in [5.74, 6) is -0.798. The van der Waals surface area contributed by atoms with E-state index in [4.69, 9.17) is 34.8 Å². The summed E-state index contributed by atoms with van der Waals surface area (Å²) < 4.78 is 67.2. The highest BCUT2D eigenvalue weighted by molar-refractivity contribution is 7.88. The summed E-state index contributed by atoms with van der Waals surface area (Å²) in [6.07, 6.45) is -4.73. The van der Waals surface area contributed by atoms with Gasteiger partial charge in [-0.2, -0.15) is 18.4 Å². The van der Waals surface area contributed by atoms with Gasteiger partial charge >= 0.3 is 6.18 Å². The van der Waals surface area contributed by atoms with Crippen LogP contribution in [0.1, 0.15) is 22.3 Å². The van der Waals surface area contributed by atoms with Crippen molar-refractivity contribution >= 4 is 44.8 Å². The number of halogens is 6. The third-order valence-corrected chi connectivity index (χ3v) is 8.88. The highest BCUT2D eigenvalue weighted by atomic mass is 35.5.